The van der Waals surface area contributed by atoms with Crippen LogP contribution in [0.2, 0.25) is 0 Å². The summed E-state index contributed by atoms with van der Waals surface area (Å²) in [5.74, 6) is 0.761. The number of rotatable bonds is 7. The van der Waals surface area contributed by atoms with Crippen LogP contribution in [0.1, 0.15) is 25.6 Å². The average Bonchev–Trinajstić information content (AvgIpc) is 3.03. The second kappa shape index (κ2) is 5.36. The van der Waals surface area contributed by atoms with Crippen molar-refractivity contribution < 1.29 is 0 Å². The summed E-state index contributed by atoms with van der Waals surface area (Å²) in [6.45, 7) is 6.18. The normalized spacial score (nSPS) is 15.9. The third-order valence-electron chi connectivity index (χ3n) is 2.88. The van der Waals surface area contributed by atoms with E-state index in [0.717, 1.165) is 31.5 Å². The van der Waals surface area contributed by atoms with E-state index in [1.165, 1.54) is 17.6 Å². The molecule has 2 rings (SSSR count). The molecular formula is C10H20N6. The smallest absolute Gasteiger partial charge is 0.188 e. The van der Waals surface area contributed by atoms with Crippen molar-refractivity contribution in [2.75, 3.05) is 19.6 Å². The van der Waals surface area contributed by atoms with E-state index in [2.05, 4.69) is 32.6 Å². The number of aryl methyl sites for hydroxylation is 1. The van der Waals surface area contributed by atoms with Crippen molar-refractivity contribution in [2.24, 2.45) is 7.05 Å². The molecule has 1 saturated carbocycles. The lowest BCUT2D eigenvalue weighted by molar-refractivity contribution is 0.276. The maximum Gasteiger partial charge on any atom is 0.188 e. The summed E-state index contributed by atoms with van der Waals surface area (Å²) in [5.41, 5.74) is 0. The Morgan fingerprint density at radius 2 is 2.31 bits per heavy atom. The summed E-state index contributed by atoms with van der Waals surface area (Å²) in [6.07, 6.45) is 2.75. The van der Waals surface area contributed by atoms with Crippen molar-refractivity contribution in [3.8, 4) is 0 Å². The molecule has 1 aromatic heterocycles. The Labute approximate surface area is 96.0 Å². The average molecular weight is 224 g/mol. The van der Waals surface area contributed by atoms with Gasteiger partial charge in [0.2, 0.25) is 0 Å². The maximum absolute atomic E-state index is 4.11. The van der Waals surface area contributed by atoms with E-state index < -0.39 is 0 Å². The van der Waals surface area contributed by atoms with E-state index in [0.29, 0.717) is 6.54 Å². The zero-order chi connectivity index (χ0) is 11.4. The predicted octanol–water partition coefficient (Wildman–Crippen LogP) is -0.216. The van der Waals surface area contributed by atoms with Gasteiger partial charge in [-0.15, -0.1) is 10.2 Å². The Morgan fingerprint density at radius 3 is 2.88 bits per heavy atom. The molecule has 90 valence electrons. The van der Waals surface area contributed by atoms with Gasteiger partial charge in [0.05, 0.1) is 13.6 Å². The van der Waals surface area contributed by atoms with Gasteiger partial charge in [0.15, 0.2) is 5.82 Å². The van der Waals surface area contributed by atoms with Crippen LogP contribution in [0.15, 0.2) is 0 Å². The zero-order valence-corrected chi connectivity index (χ0v) is 10.1. The second-order valence-corrected chi connectivity index (χ2v) is 4.23. The van der Waals surface area contributed by atoms with Gasteiger partial charge in [-0.25, -0.2) is 0 Å². The fraction of sp³-hybridized carbons (Fsp3) is 0.900. The molecule has 1 fully saturated rings. The molecule has 1 aliphatic carbocycles. The molecule has 1 aromatic rings. The molecule has 0 spiro atoms. The number of tetrazole rings is 1. The standard InChI is InChI=1S/C10H20N6/c1-3-16(9-4-5-9)7-6-11-8-10-12-14-15(2)13-10/h9,11H,3-8H2,1-2H3. The number of hydrogen-bond acceptors (Lipinski definition) is 5. The van der Waals surface area contributed by atoms with E-state index in [1.54, 1.807) is 7.05 Å². The minimum absolute atomic E-state index is 0.704. The van der Waals surface area contributed by atoms with E-state index in [-0.39, 0.29) is 0 Å². The zero-order valence-electron chi connectivity index (χ0n) is 10.1. The summed E-state index contributed by atoms with van der Waals surface area (Å²) < 4.78 is 0. The molecule has 0 saturated heterocycles. The summed E-state index contributed by atoms with van der Waals surface area (Å²) in [4.78, 5) is 4.01. The molecule has 0 amide bonds. The van der Waals surface area contributed by atoms with E-state index in [1.807, 2.05) is 0 Å². The SMILES string of the molecule is CCN(CCNCc1nnn(C)n1)C1CC1. The van der Waals surface area contributed by atoms with Gasteiger partial charge in [-0.05, 0) is 24.6 Å². The summed E-state index contributed by atoms with van der Waals surface area (Å²) in [5, 5.41) is 15.2. The van der Waals surface area contributed by atoms with Crippen LogP contribution in [0.4, 0.5) is 0 Å². The van der Waals surface area contributed by atoms with Crippen LogP contribution in [-0.2, 0) is 13.6 Å². The first-order chi connectivity index (χ1) is 7.79. The Morgan fingerprint density at radius 1 is 1.50 bits per heavy atom. The number of likely N-dealkylation sites (N-methyl/N-ethyl adjacent to an activating group) is 1. The van der Waals surface area contributed by atoms with E-state index in [4.69, 9.17) is 0 Å². The Bertz CT molecular complexity index is 319. The van der Waals surface area contributed by atoms with Crippen molar-refractivity contribution >= 4 is 0 Å². The Hall–Kier alpha value is -1.01. The minimum Gasteiger partial charge on any atom is -0.308 e. The first-order valence-corrected chi connectivity index (χ1v) is 5.97. The quantitative estimate of drug-likeness (QED) is 0.649. The topological polar surface area (TPSA) is 58.9 Å². The number of hydrogen-bond donors (Lipinski definition) is 1. The molecule has 0 atom stereocenters. The van der Waals surface area contributed by atoms with Crippen molar-refractivity contribution in [1.29, 1.82) is 0 Å². The van der Waals surface area contributed by atoms with Gasteiger partial charge >= 0.3 is 0 Å². The van der Waals surface area contributed by atoms with Crippen LogP contribution in [0.3, 0.4) is 0 Å². The fourth-order valence-corrected chi connectivity index (χ4v) is 1.86. The molecule has 6 nitrogen and oxygen atoms in total. The molecule has 1 N–H and O–H groups in total. The van der Waals surface area contributed by atoms with Crippen LogP contribution in [0, 0.1) is 0 Å². The van der Waals surface area contributed by atoms with Crippen LogP contribution >= 0.6 is 0 Å². The summed E-state index contributed by atoms with van der Waals surface area (Å²) in [7, 11) is 1.78. The van der Waals surface area contributed by atoms with Crippen molar-refractivity contribution in [1.82, 2.24) is 30.4 Å². The van der Waals surface area contributed by atoms with Gasteiger partial charge in [0.1, 0.15) is 0 Å². The van der Waals surface area contributed by atoms with Crippen LogP contribution in [0.5, 0.6) is 0 Å². The molecule has 0 radical (unpaired) electrons. The van der Waals surface area contributed by atoms with E-state index >= 15 is 0 Å². The van der Waals surface area contributed by atoms with Gasteiger partial charge in [-0.2, -0.15) is 4.80 Å². The van der Waals surface area contributed by atoms with Gasteiger partial charge < -0.3 is 5.32 Å². The summed E-state index contributed by atoms with van der Waals surface area (Å²) >= 11 is 0. The lowest BCUT2D eigenvalue weighted by atomic mass is 10.4. The van der Waals surface area contributed by atoms with Crippen LogP contribution < -0.4 is 5.32 Å². The molecule has 1 aliphatic rings. The molecule has 1 heterocycles. The lowest BCUT2D eigenvalue weighted by Crippen LogP contribution is -2.33. The van der Waals surface area contributed by atoms with Crippen LogP contribution in [-0.4, -0.2) is 50.8 Å². The monoisotopic (exact) mass is 224 g/mol. The van der Waals surface area contributed by atoms with Crippen molar-refractivity contribution in [3.63, 3.8) is 0 Å². The summed E-state index contributed by atoms with van der Waals surface area (Å²) in [6, 6.07) is 0.849. The maximum atomic E-state index is 4.11. The van der Waals surface area contributed by atoms with Gasteiger partial charge in [0.25, 0.3) is 0 Å². The molecule has 6 heteroatoms. The molecule has 16 heavy (non-hydrogen) atoms. The highest BCUT2D eigenvalue weighted by atomic mass is 15.6. The van der Waals surface area contributed by atoms with Crippen LogP contribution in [0.25, 0.3) is 0 Å². The Balaban J connectivity index is 1.60. The van der Waals surface area contributed by atoms with Gasteiger partial charge in [-0.1, -0.05) is 6.92 Å². The predicted molar refractivity (Wildman–Crippen MR) is 60.8 cm³/mol. The van der Waals surface area contributed by atoms with Crippen molar-refractivity contribution in [2.45, 2.75) is 32.4 Å². The highest BCUT2D eigenvalue weighted by Gasteiger charge is 2.26. The van der Waals surface area contributed by atoms with Crippen molar-refractivity contribution in [3.05, 3.63) is 5.82 Å². The molecule has 0 aliphatic heterocycles. The van der Waals surface area contributed by atoms with Gasteiger partial charge in [-0.3, -0.25) is 4.90 Å². The fourth-order valence-electron chi connectivity index (χ4n) is 1.86. The third-order valence-corrected chi connectivity index (χ3v) is 2.88. The number of nitrogens with one attached hydrogen (secondary N) is 1. The van der Waals surface area contributed by atoms with E-state index in [9.17, 15) is 0 Å². The Kier molecular flexibility index (Phi) is 3.84. The first kappa shape index (κ1) is 11.5. The second-order valence-electron chi connectivity index (χ2n) is 4.23. The highest BCUT2D eigenvalue weighted by Crippen LogP contribution is 2.25. The molecule has 0 aromatic carbocycles. The molecule has 0 unspecified atom stereocenters. The molecular weight excluding hydrogens is 204 g/mol. The highest BCUT2D eigenvalue weighted by molar-refractivity contribution is 4.84. The number of nitrogens with zero attached hydrogens (tertiary/aromatic N) is 5. The number of aromatic nitrogens is 4. The third kappa shape index (κ3) is 3.24. The first-order valence-electron chi connectivity index (χ1n) is 5.97. The molecule has 0 bridgehead atoms. The minimum atomic E-state index is 0.704. The largest absolute Gasteiger partial charge is 0.308 e. The lowest BCUT2D eigenvalue weighted by Gasteiger charge is -2.19. The van der Waals surface area contributed by atoms with Gasteiger partial charge in [0, 0.05) is 19.1 Å².